The minimum absolute atomic E-state index is 0.171. The Labute approximate surface area is 152 Å². The molecule has 2 aromatic rings. The molecule has 1 aliphatic rings. The van der Waals surface area contributed by atoms with E-state index in [1.807, 2.05) is 0 Å². The first-order chi connectivity index (χ1) is 11.8. The van der Waals surface area contributed by atoms with Crippen LogP contribution in [0.25, 0.3) is 5.69 Å². The normalized spacial score (nSPS) is 15.7. The molecule has 0 spiro atoms. The summed E-state index contributed by atoms with van der Waals surface area (Å²) in [5.41, 5.74) is -4.86. The third-order valence-electron chi connectivity index (χ3n) is 4.07. The molecule has 0 N–H and O–H groups in total. The van der Waals surface area contributed by atoms with Gasteiger partial charge in [-0.2, -0.15) is 13.2 Å². The third-order valence-corrected chi connectivity index (χ3v) is 4.66. The summed E-state index contributed by atoms with van der Waals surface area (Å²) < 4.78 is 60.3. The van der Waals surface area contributed by atoms with Crippen LogP contribution in [-0.2, 0) is 19.6 Å². The number of aromatic nitrogens is 2. The van der Waals surface area contributed by atoms with Crippen molar-refractivity contribution >= 4 is 15.9 Å². The van der Waals surface area contributed by atoms with Gasteiger partial charge < -0.3 is 4.74 Å². The van der Waals surface area contributed by atoms with E-state index in [9.17, 15) is 27.2 Å². The van der Waals surface area contributed by atoms with Gasteiger partial charge in [-0.15, -0.1) is 0 Å². The number of halogens is 5. The smallest absolute Gasteiger partial charge is 0.431 e. The average Bonchev–Trinajstić information content (AvgIpc) is 2.81. The zero-order valence-corrected chi connectivity index (χ0v) is 15.5. The lowest BCUT2D eigenvalue weighted by Gasteiger charge is -2.17. The summed E-state index contributed by atoms with van der Waals surface area (Å²) in [6.07, 6.45) is -4.72. The highest BCUT2D eigenvalue weighted by Gasteiger charge is 2.38. The SMILES string of the molecule is Cn1c(C(F)(F)F)cc(=O)n(-c2c(F)cc(Br)c3c2CC(C)(C)O3)c1=O. The number of fused-ring (bicyclic) bond motifs is 1. The first kappa shape index (κ1) is 18.7. The minimum atomic E-state index is -4.89. The van der Waals surface area contributed by atoms with E-state index in [1.165, 1.54) is 0 Å². The van der Waals surface area contributed by atoms with E-state index >= 15 is 0 Å². The van der Waals surface area contributed by atoms with Crippen molar-refractivity contribution in [2.75, 3.05) is 0 Å². The Bertz CT molecular complexity index is 1040. The molecule has 3 rings (SSSR count). The van der Waals surface area contributed by atoms with Crippen molar-refractivity contribution in [3.8, 4) is 11.4 Å². The average molecular weight is 437 g/mol. The predicted octanol–water partition coefficient (Wildman–Crippen LogP) is 3.17. The maximum atomic E-state index is 14.7. The topological polar surface area (TPSA) is 53.2 Å². The van der Waals surface area contributed by atoms with E-state index in [2.05, 4.69) is 15.9 Å². The molecule has 0 saturated carbocycles. The number of alkyl halides is 3. The van der Waals surface area contributed by atoms with Crippen LogP contribution in [0.3, 0.4) is 0 Å². The number of ether oxygens (including phenoxy) is 1. The van der Waals surface area contributed by atoms with E-state index in [-0.39, 0.29) is 32.8 Å². The van der Waals surface area contributed by atoms with Gasteiger partial charge >= 0.3 is 11.9 Å². The zero-order valence-electron chi connectivity index (χ0n) is 13.9. The van der Waals surface area contributed by atoms with Crippen LogP contribution in [0.5, 0.6) is 5.75 Å². The molecule has 0 aliphatic carbocycles. The Hall–Kier alpha value is -2.10. The Kier molecular flexibility index (Phi) is 4.10. The third kappa shape index (κ3) is 2.85. The highest BCUT2D eigenvalue weighted by atomic mass is 79.9. The molecule has 2 heterocycles. The molecule has 0 bridgehead atoms. The summed E-state index contributed by atoms with van der Waals surface area (Å²) >= 11 is 3.16. The molecular weight excluding hydrogens is 424 g/mol. The molecule has 1 aromatic carbocycles. The molecule has 0 fully saturated rings. The molecule has 10 heteroatoms. The van der Waals surface area contributed by atoms with Crippen LogP contribution >= 0.6 is 15.9 Å². The first-order valence-corrected chi connectivity index (χ1v) is 8.23. The molecule has 26 heavy (non-hydrogen) atoms. The Balaban J connectivity index is 2.38. The van der Waals surface area contributed by atoms with Gasteiger partial charge in [0.05, 0.1) is 10.2 Å². The van der Waals surface area contributed by atoms with Crippen molar-refractivity contribution in [2.24, 2.45) is 7.05 Å². The van der Waals surface area contributed by atoms with Crippen LogP contribution in [0.2, 0.25) is 0 Å². The second-order valence-electron chi connectivity index (χ2n) is 6.58. The van der Waals surface area contributed by atoms with Gasteiger partial charge in [0.25, 0.3) is 5.56 Å². The molecule has 0 atom stereocenters. The second kappa shape index (κ2) is 5.70. The summed E-state index contributed by atoms with van der Waals surface area (Å²) in [5.74, 6) is -0.670. The van der Waals surface area contributed by atoms with Gasteiger partial charge in [0.2, 0.25) is 0 Å². The second-order valence-corrected chi connectivity index (χ2v) is 7.43. The van der Waals surface area contributed by atoms with E-state index in [0.29, 0.717) is 4.57 Å². The van der Waals surface area contributed by atoms with Crippen LogP contribution in [0.15, 0.2) is 26.2 Å². The molecule has 0 radical (unpaired) electrons. The monoisotopic (exact) mass is 436 g/mol. The van der Waals surface area contributed by atoms with E-state index in [1.54, 1.807) is 13.8 Å². The van der Waals surface area contributed by atoms with Crippen molar-refractivity contribution in [1.29, 1.82) is 0 Å². The predicted molar refractivity (Wildman–Crippen MR) is 88.4 cm³/mol. The Morgan fingerprint density at radius 2 is 1.85 bits per heavy atom. The molecule has 0 unspecified atom stereocenters. The number of rotatable bonds is 1. The minimum Gasteiger partial charge on any atom is -0.486 e. The van der Waals surface area contributed by atoms with Gasteiger partial charge in [-0.05, 0) is 35.8 Å². The van der Waals surface area contributed by atoms with Crippen LogP contribution in [0.4, 0.5) is 17.6 Å². The van der Waals surface area contributed by atoms with E-state index < -0.39 is 40.2 Å². The van der Waals surface area contributed by atoms with E-state index in [4.69, 9.17) is 4.74 Å². The fourth-order valence-corrected chi connectivity index (χ4v) is 3.52. The number of benzene rings is 1. The summed E-state index contributed by atoms with van der Waals surface area (Å²) in [5, 5.41) is 0. The maximum absolute atomic E-state index is 14.7. The Morgan fingerprint density at radius 1 is 1.23 bits per heavy atom. The van der Waals surface area contributed by atoms with Crippen molar-refractivity contribution in [3.63, 3.8) is 0 Å². The van der Waals surface area contributed by atoms with Gasteiger partial charge in [-0.25, -0.2) is 13.8 Å². The standard InChI is InChI=1S/C16H13BrF4N2O3/c1-15(2)6-7-12(9(18)4-8(17)13(7)26-15)23-11(24)5-10(16(19,20)21)22(3)14(23)25/h4-5H,6H2,1-3H3. The van der Waals surface area contributed by atoms with Crippen LogP contribution in [-0.4, -0.2) is 14.7 Å². The van der Waals surface area contributed by atoms with Crippen LogP contribution in [0.1, 0.15) is 25.1 Å². The lowest BCUT2D eigenvalue weighted by molar-refractivity contribution is -0.144. The number of nitrogens with zero attached hydrogens (tertiary/aromatic N) is 2. The molecular formula is C16H13BrF4N2O3. The molecule has 5 nitrogen and oxygen atoms in total. The van der Waals surface area contributed by atoms with Gasteiger partial charge in [0.1, 0.15) is 22.9 Å². The van der Waals surface area contributed by atoms with Gasteiger partial charge in [-0.3, -0.25) is 9.36 Å². The van der Waals surface area contributed by atoms with E-state index in [0.717, 1.165) is 13.1 Å². The summed E-state index contributed by atoms with van der Waals surface area (Å²) in [6.45, 7) is 3.46. The van der Waals surface area contributed by atoms with Crippen molar-refractivity contribution in [1.82, 2.24) is 9.13 Å². The largest absolute Gasteiger partial charge is 0.486 e. The van der Waals surface area contributed by atoms with Crippen molar-refractivity contribution < 1.29 is 22.3 Å². The lowest BCUT2D eigenvalue weighted by Crippen LogP contribution is -2.41. The Morgan fingerprint density at radius 3 is 2.42 bits per heavy atom. The number of hydrogen-bond acceptors (Lipinski definition) is 3. The zero-order chi connectivity index (χ0) is 19.6. The number of hydrogen-bond donors (Lipinski definition) is 0. The van der Waals surface area contributed by atoms with Gasteiger partial charge in [-0.1, -0.05) is 0 Å². The molecule has 1 aliphatic heterocycles. The van der Waals surface area contributed by atoms with Crippen LogP contribution in [0, 0.1) is 5.82 Å². The maximum Gasteiger partial charge on any atom is 0.431 e. The lowest BCUT2D eigenvalue weighted by atomic mass is 10.00. The fraction of sp³-hybridized carbons (Fsp3) is 0.375. The van der Waals surface area contributed by atoms with Crippen molar-refractivity contribution in [2.45, 2.75) is 32.0 Å². The summed E-state index contributed by atoms with van der Waals surface area (Å²) in [6, 6.07) is 1.29. The van der Waals surface area contributed by atoms with Gasteiger partial charge in [0, 0.05) is 25.1 Å². The summed E-state index contributed by atoms with van der Waals surface area (Å²) in [7, 11) is 0.874. The highest BCUT2D eigenvalue weighted by molar-refractivity contribution is 9.10. The molecule has 1 aromatic heterocycles. The quantitative estimate of drug-likeness (QED) is 0.645. The van der Waals surface area contributed by atoms with Crippen molar-refractivity contribution in [3.05, 3.63) is 54.5 Å². The molecule has 140 valence electrons. The highest BCUT2D eigenvalue weighted by Crippen LogP contribution is 2.44. The van der Waals surface area contributed by atoms with Gasteiger partial charge in [0.15, 0.2) is 0 Å². The first-order valence-electron chi connectivity index (χ1n) is 7.44. The summed E-state index contributed by atoms with van der Waals surface area (Å²) in [4.78, 5) is 24.8. The molecule has 0 amide bonds. The fourth-order valence-electron chi connectivity index (χ4n) is 3.00. The molecule has 0 saturated heterocycles. The van der Waals surface area contributed by atoms with Crippen LogP contribution < -0.4 is 16.0 Å².